The molecular formula is C19H33N. The highest BCUT2D eigenvalue weighted by atomic mass is 14.9. The van der Waals surface area contributed by atoms with Crippen molar-refractivity contribution in [2.45, 2.75) is 78.7 Å². The van der Waals surface area contributed by atoms with Gasteiger partial charge in [0.1, 0.15) is 0 Å². The van der Waals surface area contributed by atoms with Crippen molar-refractivity contribution >= 4 is 0 Å². The molecular weight excluding hydrogens is 242 g/mol. The van der Waals surface area contributed by atoms with Gasteiger partial charge >= 0.3 is 0 Å². The number of hydrogen-bond donors (Lipinski definition) is 1. The lowest BCUT2D eigenvalue weighted by Crippen LogP contribution is -2.28. The molecule has 1 aromatic carbocycles. The Labute approximate surface area is 126 Å². The Hall–Kier alpha value is -0.820. The maximum atomic E-state index is 3.48. The molecule has 0 heterocycles. The van der Waals surface area contributed by atoms with Crippen molar-refractivity contribution in [3.05, 3.63) is 34.4 Å². The van der Waals surface area contributed by atoms with E-state index >= 15 is 0 Å². The van der Waals surface area contributed by atoms with Gasteiger partial charge in [-0.15, -0.1) is 0 Å². The third-order valence-corrected chi connectivity index (χ3v) is 4.33. The van der Waals surface area contributed by atoms with Gasteiger partial charge < -0.3 is 5.32 Å². The number of benzene rings is 1. The standard InChI is InChI=1S/C19H33N/c1-8-9-10-17(20-7)13-18-14(2)11-16(12-15(18)3)19(4,5)6/h11-12,17,20H,8-10,13H2,1-7H3. The molecule has 0 bridgehead atoms. The SMILES string of the molecule is CCCCC(Cc1c(C)cc(C(C)(C)C)cc1C)NC. The van der Waals surface area contributed by atoms with Crippen molar-refractivity contribution in [2.75, 3.05) is 7.05 Å². The molecule has 0 radical (unpaired) electrons. The van der Waals surface area contributed by atoms with Crippen LogP contribution in [0.3, 0.4) is 0 Å². The molecule has 0 fully saturated rings. The van der Waals surface area contributed by atoms with Crippen LogP contribution in [0.1, 0.15) is 69.2 Å². The van der Waals surface area contributed by atoms with E-state index in [0.717, 1.165) is 6.42 Å². The summed E-state index contributed by atoms with van der Waals surface area (Å²) < 4.78 is 0. The van der Waals surface area contributed by atoms with Crippen LogP contribution in [0.2, 0.25) is 0 Å². The number of rotatable bonds is 6. The van der Waals surface area contributed by atoms with E-state index in [2.05, 4.69) is 66.0 Å². The Morgan fingerprint density at radius 3 is 2.05 bits per heavy atom. The van der Waals surface area contributed by atoms with Crippen molar-refractivity contribution in [3.8, 4) is 0 Å². The van der Waals surface area contributed by atoms with Gasteiger partial charge in [-0.3, -0.25) is 0 Å². The smallest absolute Gasteiger partial charge is 0.0105 e. The van der Waals surface area contributed by atoms with Crippen molar-refractivity contribution in [1.82, 2.24) is 5.32 Å². The molecule has 0 saturated heterocycles. The lowest BCUT2D eigenvalue weighted by molar-refractivity contribution is 0.496. The summed E-state index contributed by atoms with van der Waals surface area (Å²) in [5.74, 6) is 0. The molecule has 0 aliphatic rings. The highest BCUT2D eigenvalue weighted by molar-refractivity contribution is 5.40. The molecule has 1 unspecified atom stereocenters. The van der Waals surface area contributed by atoms with Crippen molar-refractivity contribution in [2.24, 2.45) is 0 Å². The maximum absolute atomic E-state index is 3.48. The second-order valence-electron chi connectivity index (χ2n) is 7.17. The molecule has 0 saturated carbocycles. The Kier molecular flexibility index (Phi) is 6.26. The fourth-order valence-corrected chi connectivity index (χ4v) is 2.79. The maximum Gasteiger partial charge on any atom is 0.0105 e. The lowest BCUT2D eigenvalue weighted by atomic mass is 9.82. The monoisotopic (exact) mass is 275 g/mol. The van der Waals surface area contributed by atoms with Crippen LogP contribution in [-0.2, 0) is 11.8 Å². The van der Waals surface area contributed by atoms with E-state index in [-0.39, 0.29) is 5.41 Å². The predicted molar refractivity (Wildman–Crippen MR) is 90.7 cm³/mol. The van der Waals surface area contributed by atoms with Crippen LogP contribution in [0.5, 0.6) is 0 Å². The normalized spacial score (nSPS) is 13.6. The summed E-state index contributed by atoms with van der Waals surface area (Å²) in [7, 11) is 2.09. The minimum Gasteiger partial charge on any atom is -0.317 e. The van der Waals surface area contributed by atoms with E-state index in [1.54, 1.807) is 0 Å². The van der Waals surface area contributed by atoms with E-state index in [1.165, 1.54) is 41.5 Å². The number of aryl methyl sites for hydroxylation is 2. The average molecular weight is 275 g/mol. The quantitative estimate of drug-likeness (QED) is 0.777. The van der Waals surface area contributed by atoms with E-state index in [1.807, 2.05) is 0 Å². The largest absolute Gasteiger partial charge is 0.317 e. The summed E-state index contributed by atoms with van der Waals surface area (Å²) in [5, 5.41) is 3.48. The van der Waals surface area contributed by atoms with E-state index < -0.39 is 0 Å². The Bertz CT molecular complexity index is 403. The summed E-state index contributed by atoms with van der Waals surface area (Å²) in [4.78, 5) is 0. The second kappa shape index (κ2) is 7.26. The van der Waals surface area contributed by atoms with Crippen molar-refractivity contribution in [3.63, 3.8) is 0 Å². The van der Waals surface area contributed by atoms with E-state index in [9.17, 15) is 0 Å². The first-order valence-corrected chi connectivity index (χ1v) is 8.07. The fraction of sp³-hybridized carbons (Fsp3) is 0.684. The zero-order valence-electron chi connectivity index (χ0n) is 14.6. The number of unbranched alkanes of at least 4 members (excludes halogenated alkanes) is 1. The van der Waals surface area contributed by atoms with Crippen LogP contribution in [0.15, 0.2) is 12.1 Å². The third-order valence-electron chi connectivity index (χ3n) is 4.33. The summed E-state index contributed by atoms with van der Waals surface area (Å²) in [6.45, 7) is 13.7. The van der Waals surface area contributed by atoms with Crippen LogP contribution in [-0.4, -0.2) is 13.1 Å². The van der Waals surface area contributed by atoms with Crippen molar-refractivity contribution < 1.29 is 0 Å². The van der Waals surface area contributed by atoms with Crippen LogP contribution in [0.4, 0.5) is 0 Å². The molecule has 1 atom stereocenters. The summed E-state index contributed by atoms with van der Waals surface area (Å²) >= 11 is 0. The fourth-order valence-electron chi connectivity index (χ4n) is 2.79. The number of nitrogens with one attached hydrogen (secondary N) is 1. The number of hydrogen-bond acceptors (Lipinski definition) is 1. The first kappa shape index (κ1) is 17.2. The van der Waals surface area contributed by atoms with Gasteiger partial charge in [0.2, 0.25) is 0 Å². The summed E-state index contributed by atoms with van der Waals surface area (Å²) in [5.41, 5.74) is 6.12. The molecule has 1 heteroatoms. The molecule has 20 heavy (non-hydrogen) atoms. The van der Waals surface area contributed by atoms with Crippen LogP contribution >= 0.6 is 0 Å². The average Bonchev–Trinajstić information content (AvgIpc) is 2.36. The van der Waals surface area contributed by atoms with Crippen molar-refractivity contribution in [1.29, 1.82) is 0 Å². The predicted octanol–water partition coefficient (Wildman–Crippen LogP) is 4.92. The molecule has 1 rings (SSSR count). The molecule has 1 nitrogen and oxygen atoms in total. The first-order chi connectivity index (χ1) is 9.29. The highest BCUT2D eigenvalue weighted by Gasteiger charge is 2.17. The van der Waals surface area contributed by atoms with Gasteiger partial charge in [0, 0.05) is 6.04 Å². The molecule has 0 amide bonds. The molecule has 1 N–H and O–H groups in total. The molecule has 1 aromatic rings. The lowest BCUT2D eigenvalue weighted by Gasteiger charge is -2.24. The zero-order chi connectivity index (χ0) is 15.3. The third kappa shape index (κ3) is 4.63. The van der Waals surface area contributed by atoms with E-state index in [4.69, 9.17) is 0 Å². The molecule has 0 aromatic heterocycles. The topological polar surface area (TPSA) is 12.0 Å². The summed E-state index contributed by atoms with van der Waals surface area (Å²) in [6.07, 6.45) is 5.01. The van der Waals surface area contributed by atoms with Crippen LogP contribution in [0.25, 0.3) is 0 Å². The highest BCUT2D eigenvalue weighted by Crippen LogP contribution is 2.27. The van der Waals surface area contributed by atoms with Gasteiger partial charge in [-0.2, -0.15) is 0 Å². The first-order valence-electron chi connectivity index (χ1n) is 8.07. The number of likely N-dealkylation sites (N-methyl/N-ethyl adjacent to an activating group) is 1. The zero-order valence-corrected chi connectivity index (χ0v) is 14.6. The van der Waals surface area contributed by atoms with Gasteiger partial charge in [-0.1, -0.05) is 52.7 Å². The molecule has 114 valence electrons. The minimum atomic E-state index is 0.235. The molecule has 0 aliphatic heterocycles. The van der Waals surface area contributed by atoms with Gasteiger partial charge in [-0.05, 0) is 61.4 Å². The molecule has 0 spiro atoms. The minimum absolute atomic E-state index is 0.235. The Balaban J connectivity index is 2.96. The summed E-state index contributed by atoms with van der Waals surface area (Å²) in [6, 6.07) is 5.37. The van der Waals surface area contributed by atoms with Gasteiger partial charge in [0.15, 0.2) is 0 Å². The van der Waals surface area contributed by atoms with Gasteiger partial charge in [0.05, 0.1) is 0 Å². The second-order valence-corrected chi connectivity index (χ2v) is 7.17. The van der Waals surface area contributed by atoms with Crippen LogP contribution in [0, 0.1) is 13.8 Å². The van der Waals surface area contributed by atoms with Crippen LogP contribution < -0.4 is 5.32 Å². The molecule has 0 aliphatic carbocycles. The van der Waals surface area contributed by atoms with Gasteiger partial charge in [-0.25, -0.2) is 0 Å². The Morgan fingerprint density at radius 1 is 1.10 bits per heavy atom. The van der Waals surface area contributed by atoms with E-state index in [0.29, 0.717) is 6.04 Å². The Morgan fingerprint density at radius 2 is 1.65 bits per heavy atom. The van der Waals surface area contributed by atoms with Gasteiger partial charge in [0.25, 0.3) is 0 Å².